The lowest BCUT2D eigenvalue weighted by Crippen LogP contribution is -2.04. The van der Waals surface area contributed by atoms with Gasteiger partial charge in [0, 0.05) is 5.41 Å². The van der Waals surface area contributed by atoms with Crippen LogP contribution in [0.25, 0.3) is 0 Å². The van der Waals surface area contributed by atoms with Crippen LogP contribution in [0.15, 0.2) is 0 Å². The normalized spacial score (nSPS) is 9.57. The van der Waals surface area contributed by atoms with E-state index in [1.54, 1.807) is 0 Å². The zero-order valence-corrected chi connectivity index (χ0v) is 4.49. The summed E-state index contributed by atoms with van der Waals surface area (Å²) >= 11 is 0. The van der Waals surface area contributed by atoms with Gasteiger partial charge in [-0.05, 0) is 0 Å². The topological polar surface area (TPSA) is 17.1 Å². The standard InChI is InChI=1S/C5H10O.CH4/c1-5(2,3)4-6;/h4H,1-3H3;1H4. The summed E-state index contributed by atoms with van der Waals surface area (Å²) in [5, 5.41) is 0. The van der Waals surface area contributed by atoms with E-state index in [0.717, 1.165) is 6.29 Å². The van der Waals surface area contributed by atoms with Gasteiger partial charge in [0.1, 0.15) is 6.29 Å². The van der Waals surface area contributed by atoms with E-state index in [2.05, 4.69) is 0 Å². The summed E-state index contributed by atoms with van der Waals surface area (Å²) in [7, 11) is 0. The smallest absolute Gasteiger partial charge is 0.125 e. The maximum absolute atomic E-state index is 9.83. The summed E-state index contributed by atoms with van der Waals surface area (Å²) in [6, 6.07) is 0. The molecule has 0 aliphatic carbocycles. The zero-order chi connectivity index (χ0) is 5.21. The maximum atomic E-state index is 9.83. The molecule has 0 radical (unpaired) electrons. The summed E-state index contributed by atoms with van der Waals surface area (Å²) in [6.07, 6.45) is 0.938. The highest BCUT2D eigenvalue weighted by molar-refractivity contribution is 5.56. The van der Waals surface area contributed by atoms with Gasteiger partial charge in [-0.1, -0.05) is 28.2 Å². The van der Waals surface area contributed by atoms with Gasteiger partial charge in [0.05, 0.1) is 0 Å². The molecule has 1 nitrogen and oxygen atoms in total. The first-order valence-corrected chi connectivity index (χ1v) is 2.02. The van der Waals surface area contributed by atoms with E-state index in [1.165, 1.54) is 0 Å². The van der Waals surface area contributed by atoms with E-state index in [9.17, 15) is 4.79 Å². The van der Waals surface area contributed by atoms with Crippen molar-refractivity contribution in [3.8, 4) is 0 Å². The predicted octanol–water partition coefficient (Wildman–Crippen LogP) is 1.87. The van der Waals surface area contributed by atoms with Gasteiger partial charge in [-0.15, -0.1) is 0 Å². The first-order valence-electron chi connectivity index (χ1n) is 2.02. The van der Waals surface area contributed by atoms with Crippen molar-refractivity contribution >= 4 is 6.29 Å². The summed E-state index contributed by atoms with van der Waals surface area (Å²) in [6.45, 7) is 5.62. The molecule has 44 valence electrons. The molecular formula is C6H14O. The van der Waals surface area contributed by atoms with Crippen molar-refractivity contribution in [1.29, 1.82) is 0 Å². The van der Waals surface area contributed by atoms with Gasteiger partial charge < -0.3 is 4.79 Å². The molecule has 0 spiro atoms. The number of carbonyl (C=O) groups is 1. The maximum Gasteiger partial charge on any atom is 0.125 e. The minimum absolute atomic E-state index is 0. The first-order chi connectivity index (χ1) is 2.56. The monoisotopic (exact) mass is 102 g/mol. The Morgan fingerprint density at radius 3 is 1.43 bits per heavy atom. The Balaban J connectivity index is 0. The molecule has 0 aromatic rings. The molecule has 0 amide bonds. The quantitative estimate of drug-likeness (QED) is 0.427. The number of hydrogen-bond acceptors (Lipinski definition) is 1. The van der Waals surface area contributed by atoms with Crippen LogP contribution in [-0.2, 0) is 4.79 Å². The fourth-order valence-electron chi connectivity index (χ4n) is 0. The Bertz CT molecular complexity index is 49.7. The van der Waals surface area contributed by atoms with Crippen LogP contribution in [0.3, 0.4) is 0 Å². The average molecular weight is 102 g/mol. The fourth-order valence-corrected chi connectivity index (χ4v) is 0. The van der Waals surface area contributed by atoms with Gasteiger partial charge in [0.2, 0.25) is 0 Å². The predicted molar refractivity (Wildman–Crippen MR) is 32.2 cm³/mol. The van der Waals surface area contributed by atoms with E-state index in [1.807, 2.05) is 20.8 Å². The van der Waals surface area contributed by atoms with Crippen molar-refractivity contribution in [2.45, 2.75) is 28.2 Å². The molecular weight excluding hydrogens is 88.1 g/mol. The fraction of sp³-hybridized carbons (Fsp3) is 0.833. The highest BCUT2D eigenvalue weighted by Gasteiger charge is 2.04. The molecule has 0 atom stereocenters. The highest BCUT2D eigenvalue weighted by atomic mass is 16.1. The van der Waals surface area contributed by atoms with Gasteiger partial charge in [0.15, 0.2) is 0 Å². The van der Waals surface area contributed by atoms with Gasteiger partial charge in [-0.2, -0.15) is 0 Å². The number of aldehydes is 1. The second-order valence-corrected chi connectivity index (χ2v) is 2.48. The number of carbonyl (C=O) groups excluding carboxylic acids is 1. The molecule has 0 aromatic heterocycles. The van der Waals surface area contributed by atoms with Crippen molar-refractivity contribution in [3.63, 3.8) is 0 Å². The molecule has 7 heavy (non-hydrogen) atoms. The number of hydrogen-bond donors (Lipinski definition) is 0. The molecule has 0 heterocycles. The third-order valence-electron chi connectivity index (χ3n) is 0.354. The van der Waals surface area contributed by atoms with Crippen LogP contribution in [0, 0.1) is 5.41 Å². The first kappa shape index (κ1) is 9.83. The molecule has 0 N–H and O–H groups in total. The van der Waals surface area contributed by atoms with Crippen LogP contribution < -0.4 is 0 Å². The minimum Gasteiger partial charge on any atom is -0.303 e. The summed E-state index contributed by atoms with van der Waals surface area (Å²) in [4.78, 5) is 9.83. The Labute approximate surface area is 45.7 Å². The van der Waals surface area contributed by atoms with Crippen LogP contribution >= 0.6 is 0 Å². The van der Waals surface area contributed by atoms with Crippen molar-refractivity contribution in [3.05, 3.63) is 0 Å². The number of rotatable bonds is 0. The second kappa shape index (κ2) is 2.78. The molecule has 0 bridgehead atoms. The summed E-state index contributed by atoms with van der Waals surface area (Å²) in [5.41, 5.74) is -0.139. The van der Waals surface area contributed by atoms with Crippen LogP contribution in [0.5, 0.6) is 0 Å². The lowest BCUT2D eigenvalue weighted by atomic mass is 10.0. The molecule has 0 unspecified atom stereocenters. The molecule has 0 saturated heterocycles. The SMILES string of the molecule is C.CC(C)(C)C=O. The van der Waals surface area contributed by atoms with Crippen molar-refractivity contribution in [1.82, 2.24) is 0 Å². The third kappa shape index (κ3) is 10.7. The molecule has 0 aliphatic rings. The van der Waals surface area contributed by atoms with Gasteiger partial charge >= 0.3 is 0 Å². The molecule has 0 rings (SSSR count). The lowest BCUT2D eigenvalue weighted by molar-refractivity contribution is -0.113. The molecule has 1 heteroatoms. The van der Waals surface area contributed by atoms with E-state index in [-0.39, 0.29) is 12.8 Å². The average Bonchev–Trinajstić information content (AvgIpc) is 1.35. The Morgan fingerprint density at radius 2 is 1.43 bits per heavy atom. The van der Waals surface area contributed by atoms with Gasteiger partial charge in [0.25, 0.3) is 0 Å². The van der Waals surface area contributed by atoms with Gasteiger partial charge in [-0.3, -0.25) is 0 Å². The van der Waals surface area contributed by atoms with E-state index in [4.69, 9.17) is 0 Å². The largest absolute Gasteiger partial charge is 0.303 e. The van der Waals surface area contributed by atoms with Crippen LogP contribution in [-0.4, -0.2) is 6.29 Å². The Morgan fingerprint density at radius 1 is 1.29 bits per heavy atom. The Hall–Kier alpha value is -0.330. The van der Waals surface area contributed by atoms with E-state index < -0.39 is 0 Å². The van der Waals surface area contributed by atoms with Crippen LogP contribution in [0.1, 0.15) is 28.2 Å². The van der Waals surface area contributed by atoms with E-state index in [0.29, 0.717) is 0 Å². The third-order valence-corrected chi connectivity index (χ3v) is 0.354. The van der Waals surface area contributed by atoms with E-state index >= 15 is 0 Å². The van der Waals surface area contributed by atoms with Crippen LogP contribution in [0.2, 0.25) is 0 Å². The van der Waals surface area contributed by atoms with Crippen molar-refractivity contribution < 1.29 is 4.79 Å². The molecule has 0 aromatic carbocycles. The summed E-state index contributed by atoms with van der Waals surface area (Å²) < 4.78 is 0. The Kier molecular flexibility index (Phi) is 3.90. The second-order valence-electron chi connectivity index (χ2n) is 2.48. The van der Waals surface area contributed by atoms with Crippen molar-refractivity contribution in [2.24, 2.45) is 5.41 Å². The van der Waals surface area contributed by atoms with Gasteiger partial charge in [-0.25, -0.2) is 0 Å². The molecule has 0 fully saturated rings. The molecule has 0 saturated carbocycles. The lowest BCUT2D eigenvalue weighted by Gasteiger charge is -2.03. The highest BCUT2D eigenvalue weighted by Crippen LogP contribution is 2.05. The van der Waals surface area contributed by atoms with Crippen LogP contribution in [0.4, 0.5) is 0 Å². The minimum atomic E-state index is -0.139. The molecule has 0 aliphatic heterocycles. The summed E-state index contributed by atoms with van der Waals surface area (Å²) in [5.74, 6) is 0. The van der Waals surface area contributed by atoms with Crippen molar-refractivity contribution in [2.75, 3.05) is 0 Å². The zero-order valence-electron chi connectivity index (χ0n) is 4.49.